The first-order chi connectivity index (χ1) is 20.3. The van der Waals surface area contributed by atoms with E-state index in [1.807, 2.05) is 0 Å². The lowest BCUT2D eigenvalue weighted by Crippen LogP contribution is -2.31. The fourth-order valence-corrected chi connectivity index (χ4v) is 1.96. The Kier molecular flexibility index (Phi) is 68.0. The summed E-state index contributed by atoms with van der Waals surface area (Å²) in [7, 11) is 0. The second-order valence-corrected chi connectivity index (χ2v) is 9.39. The average molecular weight is 759 g/mol. The maximum atomic E-state index is 9.55. The summed E-state index contributed by atoms with van der Waals surface area (Å²) in [4.78, 5) is 57.3. The second kappa shape index (κ2) is 51.3. The Hall–Kier alpha value is -1.24. The molecule has 16 nitrogen and oxygen atoms in total. The number of aliphatic carboxylic acids is 6. The smallest absolute Gasteiger partial charge is 0.304 e. The van der Waals surface area contributed by atoms with Gasteiger partial charge in [-0.2, -0.15) is 75.8 Å². The molecule has 0 unspecified atom stereocenters. The lowest BCUT2D eigenvalue weighted by molar-refractivity contribution is -0.137. The fraction of sp³-hybridized carbons (Fsp3) is 0.727. The van der Waals surface area contributed by atoms with E-state index >= 15 is 0 Å². The Labute approximate surface area is 288 Å². The topological polar surface area (TPSA) is 305 Å². The number of carboxylic acids is 6. The van der Waals surface area contributed by atoms with Crippen LogP contribution in [0.3, 0.4) is 0 Å². The van der Waals surface area contributed by atoms with Crippen LogP contribution < -0.4 is 0 Å². The van der Waals surface area contributed by atoms with Crippen molar-refractivity contribution in [3.63, 3.8) is 0 Å². The van der Waals surface area contributed by atoms with E-state index in [1.54, 1.807) is 0 Å². The Morgan fingerprint density at radius 3 is 0.500 bits per heavy atom. The summed E-state index contributed by atoms with van der Waals surface area (Å²) >= 11 is 22.1. The van der Waals surface area contributed by atoms with Gasteiger partial charge in [0.25, 0.3) is 0 Å². The zero-order valence-corrected chi connectivity index (χ0v) is 29.0. The van der Waals surface area contributed by atoms with Crippen LogP contribution in [-0.4, -0.2) is 147 Å². The zero-order chi connectivity index (χ0) is 36.5. The summed E-state index contributed by atoms with van der Waals surface area (Å²) in [5.41, 5.74) is 0. The lowest BCUT2D eigenvalue weighted by Gasteiger charge is -2.10. The zero-order valence-electron chi connectivity index (χ0n) is 23.7. The fourth-order valence-electron chi connectivity index (χ4n) is 0.817. The lowest BCUT2D eigenvalue weighted by atomic mass is 10.2. The van der Waals surface area contributed by atoms with Gasteiger partial charge in [0, 0.05) is 34.5 Å². The average Bonchev–Trinajstić information content (AvgIpc) is 2.89. The van der Waals surface area contributed by atoms with Crippen molar-refractivity contribution in [1.29, 1.82) is 0 Å². The Morgan fingerprint density at radius 1 is 0.364 bits per heavy atom. The SMILES string of the molecule is O=C(O)CCS.O=C(O)CCS.O=C(O)CCS.O=C(O)CCS.O=C(O)CCS.O=C(O)CCS.OC[C@@H](O)[C@@H](O)CO. The summed E-state index contributed by atoms with van der Waals surface area (Å²) < 4.78 is 0. The molecule has 10 N–H and O–H groups in total. The molecular weight excluding hydrogens is 713 g/mol. The molecule has 0 aromatic heterocycles. The van der Waals surface area contributed by atoms with Crippen LogP contribution in [0.25, 0.3) is 0 Å². The number of aliphatic hydroxyl groups is 4. The molecular formula is C22H46O16S6. The van der Waals surface area contributed by atoms with E-state index in [1.165, 1.54) is 0 Å². The third-order valence-electron chi connectivity index (χ3n) is 2.77. The summed E-state index contributed by atoms with van der Waals surface area (Å²) in [6, 6.07) is 0. The van der Waals surface area contributed by atoms with Gasteiger partial charge < -0.3 is 51.1 Å². The van der Waals surface area contributed by atoms with E-state index in [-0.39, 0.29) is 38.5 Å². The molecule has 0 aliphatic rings. The van der Waals surface area contributed by atoms with E-state index in [2.05, 4.69) is 75.8 Å². The van der Waals surface area contributed by atoms with Crippen molar-refractivity contribution in [3.05, 3.63) is 0 Å². The quantitative estimate of drug-likeness (QED) is 0.0981. The monoisotopic (exact) mass is 758 g/mol. The minimum Gasteiger partial charge on any atom is -0.481 e. The normalized spacial score (nSPS) is 9.95. The van der Waals surface area contributed by atoms with Crippen LogP contribution in [0.5, 0.6) is 0 Å². The van der Waals surface area contributed by atoms with Crippen molar-refractivity contribution in [1.82, 2.24) is 0 Å². The first-order valence-electron chi connectivity index (χ1n) is 11.9. The maximum absolute atomic E-state index is 9.55. The van der Waals surface area contributed by atoms with Crippen molar-refractivity contribution in [2.24, 2.45) is 0 Å². The molecule has 2 atom stereocenters. The molecule has 0 aromatic carbocycles. The Balaban J connectivity index is -0.0000000728. The number of rotatable bonds is 15. The molecule has 0 bridgehead atoms. The van der Waals surface area contributed by atoms with E-state index < -0.39 is 61.2 Å². The minimum absolute atomic E-state index is 0.156. The molecule has 0 amide bonds. The van der Waals surface area contributed by atoms with E-state index in [0.29, 0.717) is 34.5 Å². The van der Waals surface area contributed by atoms with E-state index in [4.69, 9.17) is 51.1 Å². The van der Waals surface area contributed by atoms with Gasteiger partial charge in [0.05, 0.1) is 51.7 Å². The molecule has 0 spiro atoms. The Bertz CT molecular complexity index is 557. The number of carbonyl (C=O) groups is 6. The molecule has 0 saturated heterocycles. The van der Waals surface area contributed by atoms with E-state index in [0.717, 1.165) is 0 Å². The molecule has 0 fully saturated rings. The number of thiol groups is 6. The standard InChI is InChI=1S/C4H10O4.6C3H6O2S/c5-1-3(7)4(8)2-6;6*4-3(5)1-2-6/h3-8H,1-2H2;6*6H,1-2H2,(H,4,5)/t3-,4+;;;;;;. The predicted molar refractivity (Wildman–Crippen MR) is 183 cm³/mol. The van der Waals surface area contributed by atoms with Gasteiger partial charge in [0.1, 0.15) is 12.2 Å². The molecule has 0 rings (SSSR count). The van der Waals surface area contributed by atoms with Gasteiger partial charge in [0.15, 0.2) is 0 Å². The summed E-state index contributed by atoms with van der Waals surface area (Å²) in [5.74, 6) is -2.17. The van der Waals surface area contributed by atoms with Crippen molar-refractivity contribution in [3.8, 4) is 0 Å². The molecule has 0 heterocycles. The molecule has 0 aromatic rings. The van der Waals surface area contributed by atoms with Crippen LogP contribution in [-0.2, 0) is 28.8 Å². The van der Waals surface area contributed by atoms with Gasteiger partial charge in [-0.05, 0) is 0 Å². The highest BCUT2D eigenvalue weighted by Crippen LogP contribution is 1.88. The number of carboxylic acid groups (broad SMARTS) is 6. The van der Waals surface area contributed by atoms with Crippen LogP contribution in [0.4, 0.5) is 0 Å². The largest absolute Gasteiger partial charge is 0.481 e. The number of aliphatic hydroxyl groups excluding tert-OH is 4. The first kappa shape index (κ1) is 58.3. The van der Waals surface area contributed by atoms with Crippen LogP contribution in [0.2, 0.25) is 0 Å². The van der Waals surface area contributed by atoms with E-state index in [9.17, 15) is 28.8 Å². The van der Waals surface area contributed by atoms with Crippen LogP contribution >= 0.6 is 75.8 Å². The molecule has 22 heteroatoms. The first-order valence-corrected chi connectivity index (χ1v) is 15.7. The van der Waals surface area contributed by atoms with Crippen LogP contribution in [0.15, 0.2) is 0 Å². The summed E-state index contributed by atoms with van der Waals surface area (Å²) in [6.45, 7) is -1.05. The van der Waals surface area contributed by atoms with Gasteiger partial charge in [0.2, 0.25) is 0 Å². The maximum Gasteiger partial charge on any atom is 0.304 e. The highest BCUT2D eigenvalue weighted by Gasteiger charge is 2.12. The highest BCUT2D eigenvalue weighted by atomic mass is 32.1. The molecule has 0 aliphatic carbocycles. The Morgan fingerprint density at radius 2 is 0.477 bits per heavy atom. The number of hydrogen-bond donors (Lipinski definition) is 16. The third kappa shape index (κ3) is 105. The highest BCUT2D eigenvalue weighted by molar-refractivity contribution is 7.81. The number of hydrogen-bond acceptors (Lipinski definition) is 16. The van der Waals surface area contributed by atoms with Gasteiger partial charge in [-0.3, -0.25) is 28.8 Å². The minimum atomic E-state index is -1.22. The molecule has 0 aliphatic heterocycles. The van der Waals surface area contributed by atoms with Crippen molar-refractivity contribution in [2.75, 3.05) is 47.7 Å². The summed E-state index contributed by atoms with van der Waals surface area (Å²) in [5, 5.41) is 80.4. The van der Waals surface area contributed by atoms with Gasteiger partial charge in [-0.15, -0.1) is 0 Å². The second-order valence-electron chi connectivity index (χ2n) is 6.70. The van der Waals surface area contributed by atoms with Gasteiger partial charge in [-0.1, -0.05) is 0 Å². The molecule has 44 heavy (non-hydrogen) atoms. The summed E-state index contributed by atoms with van der Waals surface area (Å²) in [6.07, 6.45) is -1.51. The van der Waals surface area contributed by atoms with Crippen LogP contribution in [0.1, 0.15) is 38.5 Å². The van der Waals surface area contributed by atoms with Gasteiger partial charge in [-0.25, -0.2) is 0 Å². The molecule has 0 radical (unpaired) electrons. The van der Waals surface area contributed by atoms with Crippen molar-refractivity contribution in [2.45, 2.75) is 50.7 Å². The third-order valence-corrected chi connectivity index (χ3v) is 4.11. The van der Waals surface area contributed by atoms with Crippen molar-refractivity contribution >= 4 is 112 Å². The van der Waals surface area contributed by atoms with Crippen LogP contribution in [0, 0.1) is 0 Å². The van der Waals surface area contributed by atoms with Gasteiger partial charge >= 0.3 is 35.8 Å². The molecule has 0 saturated carbocycles. The molecule has 266 valence electrons. The van der Waals surface area contributed by atoms with Crippen molar-refractivity contribution < 1.29 is 79.8 Å². The predicted octanol–water partition coefficient (Wildman–Crippen LogP) is 0.0382.